The Morgan fingerprint density at radius 2 is 1.69 bits per heavy atom. The zero-order valence-electron chi connectivity index (χ0n) is 16.6. The van der Waals surface area contributed by atoms with Crippen LogP contribution in [0.2, 0.25) is 0 Å². The maximum absolute atomic E-state index is 12.6. The molecule has 3 rings (SSSR count). The molecule has 0 aromatic heterocycles. The van der Waals surface area contributed by atoms with Gasteiger partial charge in [-0.05, 0) is 63.1 Å². The van der Waals surface area contributed by atoms with E-state index in [1.165, 1.54) is 16.4 Å². The highest BCUT2D eigenvalue weighted by Crippen LogP contribution is 2.28. The Kier molecular flexibility index (Phi) is 6.76. The molecular formula is C21H26N2O5S. The van der Waals surface area contributed by atoms with Crippen LogP contribution in [0.1, 0.15) is 26.7 Å². The zero-order chi connectivity index (χ0) is 20.9. The molecular weight excluding hydrogens is 392 g/mol. The van der Waals surface area contributed by atoms with Crippen LogP contribution in [0.25, 0.3) is 0 Å². The molecule has 0 saturated carbocycles. The van der Waals surface area contributed by atoms with E-state index in [0.29, 0.717) is 36.9 Å². The number of nitrogens with zero attached hydrogens (tertiary/aromatic N) is 1. The fourth-order valence-corrected chi connectivity index (χ4v) is 4.61. The molecule has 1 atom stereocenters. The van der Waals surface area contributed by atoms with E-state index in [0.717, 1.165) is 12.8 Å². The van der Waals surface area contributed by atoms with Crippen molar-refractivity contribution in [1.29, 1.82) is 0 Å². The fraction of sp³-hybridized carbons (Fsp3) is 0.381. The lowest BCUT2D eigenvalue weighted by atomic mass is 10.3. The number of ether oxygens (including phenoxy) is 2. The van der Waals surface area contributed by atoms with Gasteiger partial charge in [0, 0.05) is 18.8 Å². The van der Waals surface area contributed by atoms with Crippen LogP contribution in [-0.4, -0.2) is 44.4 Å². The Morgan fingerprint density at radius 1 is 1.07 bits per heavy atom. The molecule has 0 spiro atoms. The van der Waals surface area contributed by atoms with Crippen LogP contribution in [-0.2, 0) is 14.8 Å². The molecule has 0 unspecified atom stereocenters. The number of rotatable bonds is 8. The second-order valence-electron chi connectivity index (χ2n) is 6.76. The van der Waals surface area contributed by atoms with Crippen LogP contribution < -0.4 is 14.8 Å². The van der Waals surface area contributed by atoms with Gasteiger partial charge in [0.15, 0.2) is 17.6 Å². The third-order valence-electron chi connectivity index (χ3n) is 4.65. The number of para-hydroxylation sites is 2. The Bertz CT molecular complexity index is 938. The normalized spacial score (nSPS) is 15.7. The molecule has 1 saturated heterocycles. The molecule has 1 aliphatic heterocycles. The molecule has 8 heteroatoms. The summed E-state index contributed by atoms with van der Waals surface area (Å²) in [5.41, 5.74) is 0.504. The fourth-order valence-electron chi connectivity index (χ4n) is 3.10. The number of carbonyl (C=O) groups is 1. The molecule has 1 N–H and O–H groups in total. The van der Waals surface area contributed by atoms with Gasteiger partial charge in [0.05, 0.1) is 11.5 Å². The van der Waals surface area contributed by atoms with Crippen LogP contribution >= 0.6 is 0 Å². The molecule has 0 bridgehead atoms. The lowest BCUT2D eigenvalue weighted by Crippen LogP contribution is -2.30. The first-order valence-electron chi connectivity index (χ1n) is 9.71. The second kappa shape index (κ2) is 9.28. The van der Waals surface area contributed by atoms with Crippen molar-refractivity contribution >= 4 is 21.6 Å². The molecule has 1 amide bonds. The predicted octanol–water partition coefficient (Wildman–Crippen LogP) is 3.28. The quantitative estimate of drug-likeness (QED) is 0.711. The highest BCUT2D eigenvalue weighted by Gasteiger charge is 2.27. The van der Waals surface area contributed by atoms with Gasteiger partial charge >= 0.3 is 0 Å². The summed E-state index contributed by atoms with van der Waals surface area (Å²) in [7, 11) is -3.47. The van der Waals surface area contributed by atoms with Crippen molar-refractivity contribution in [3.8, 4) is 11.5 Å². The molecule has 2 aromatic carbocycles. The number of sulfonamides is 1. The van der Waals surface area contributed by atoms with Gasteiger partial charge in [0.25, 0.3) is 5.91 Å². The third-order valence-corrected chi connectivity index (χ3v) is 6.56. The Labute approximate surface area is 171 Å². The maximum atomic E-state index is 12.6. The lowest BCUT2D eigenvalue weighted by molar-refractivity contribution is -0.122. The van der Waals surface area contributed by atoms with E-state index in [1.54, 1.807) is 31.2 Å². The average molecular weight is 419 g/mol. The Hall–Kier alpha value is -2.58. The van der Waals surface area contributed by atoms with Gasteiger partial charge in [-0.25, -0.2) is 8.42 Å². The van der Waals surface area contributed by atoms with Gasteiger partial charge in [0.1, 0.15) is 0 Å². The summed E-state index contributed by atoms with van der Waals surface area (Å²) in [6.07, 6.45) is 1.01. The zero-order valence-corrected chi connectivity index (χ0v) is 17.4. The van der Waals surface area contributed by atoms with E-state index < -0.39 is 16.1 Å². The summed E-state index contributed by atoms with van der Waals surface area (Å²) in [5, 5.41) is 2.75. The molecule has 0 radical (unpaired) electrons. The van der Waals surface area contributed by atoms with Gasteiger partial charge in [-0.15, -0.1) is 0 Å². The van der Waals surface area contributed by atoms with Crippen LogP contribution in [0.4, 0.5) is 5.69 Å². The Morgan fingerprint density at radius 3 is 2.31 bits per heavy atom. The molecule has 2 aromatic rings. The molecule has 156 valence electrons. The largest absolute Gasteiger partial charge is 0.490 e. The summed E-state index contributed by atoms with van der Waals surface area (Å²) < 4.78 is 37.9. The molecule has 29 heavy (non-hydrogen) atoms. The monoisotopic (exact) mass is 418 g/mol. The van der Waals surface area contributed by atoms with Crippen LogP contribution in [0.3, 0.4) is 0 Å². The maximum Gasteiger partial charge on any atom is 0.265 e. The summed E-state index contributed by atoms with van der Waals surface area (Å²) >= 11 is 0. The SMILES string of the molecule is CCOc1ccccc1O[C@@H](C)C(=O)Nc1ccc(S(=O)(=O)N2CCCC2)cc1. The van der Waals surface area contributed by atoms with Gasteiger partial charge in [0.2, 0.25) is 10.0 Å². The Balaban J connectivity index is 1.63. The first kappa shape index (κ1) is 21.1. The molecule has 7 nitrogen and oxygen atoms in total. The minimum Gasteiger partial charge on any atom is -0.490 e. The molecule has 1 aliphatic rings. The van der Waals surface area contributed by atoms with Crippen molar-refractivity contribution in [1.82, 2.24) is 4.31 Å². The minimum atomic E-state index is -3.47. The van der Waals surface area contributed by atoms with Crippen molar-refractivity contribution in [2.24, 2.45) is 0 Å². The standard InChI is InChI=1S/C21H26N2O5S/c1-3-27-19-8-4-5-9-20(19)28-16(2)21(24)22-17-10-12-18(13-11-17)29(25,26)23-14-6-7-15-23/h4-5,8-13,16H,3,6-7,14-15H2,1-2H3,(H,22,24)/t16-/m0/s1. The van der Waals surface area contributed by atoms with Gasteiger partial charge in [-0.2, -0.15) is 4.31 Å². The van der Waals surface area contributed by atoms with E-state index >= 15 is 0 Å². The second-order valence-corrected chi connectivity index (χ2v) is 8.70. The first-order valence-corrected chi connectivity index (χ1v) is 11.2. The van der Waals surface area contributed by atoms with Crippen molar-refractivity contribution in [2.45, 2.75) is 37.7 Å². The first-order chi connectivity index (χ1) is 13.9. The van der Waals surface area contributed by atoms with Crippen LogP contribution in [0, 0.1) is 0 Å². The van der Waals surface area contributed by atoms with E-state index in [-0.39, 0.29) is 10.8 Å². The van der Waals surface area contributed by atoms with Crippen molar-refractivity contribution in [3.05, 3.63) is 48.5 Å². The van der Waals surface area contributed by atoms with Crippen molar-refractivity contribution in [3.63, 3.8) is 0 Å². The van der Waals surface area contributed by atoms with Crippen molar-refractivity contribution < 1.29 is 22.7 Å². The van der Waals surface area contributed by atoms with Gasteiger partial charge < -0.3 is 14.8 Å². The highest BCUT2D eigenvalue weighted by atomic mass is 32.2. The van der Waals surface area contributed by atoms with Crippen LogP contribution in [0.15, 0.2) is 53.4 Å². The van der Waals surface area contributed by atoms with E-state index in [1.807, 2.05) is 19.1 Å². The van der Waals surface area contributed by atoms with E-state index in [4.69, 9.17) is 9.47 Å². The van der Waals surface area contributed by atoms with Crippen LogP contribution in [0.5, 0.6) is 11.5 Å². The van der Waals surface area contributed by atoms with E-state index in [9.17, 15) is 13.2 Å². The number of carbonyl (C=O) groups excluding carboxylic acids is 1. The molecule has 1 heterocycles. The van der Waals surface area contributed by atoms with Gasteiger partial charge in [-0.3, -0.25) is 4.79 Å². The average Bonchev–Trinajstić information content (AvgIpc) is 3.26. The predicted molar refractivity (Wildman–Crippen MR) is 111 cm³/mol. The summed E-state index contributed by atoms with van der Waals surface area (Å²) in [6, 6.07) is 13.4. The summed E-state index contributed by atoms with van der Waals surface area (Å²) in [6.45, 7) is 5.12. The number of nitrogens with one attached hydrogen (secondary N) is 1. The number of anilines is 1. The lowest BCUT2D eigenvalue weighted by Gasteiger charge is -2.18. The topological polar surface area (TPSA) is 84.9 Å². The number of hydrogen-bond donors (Lipinski definition) is 1. The number of hydrogen-bond acceptors (Lipinski definition) is 5. The smallest absolute Gasteiger partial charge is 0.265 e. The third kappa shape index (κ3) is 5.07. The van der Waals surface area contributed by atoms with Gasteiger partial charge in [-0.1, -0.05) is 12.1 Å². The minimum absolute atomic E-state index is 0.229. The summed E-state index contributed by atoms with van der Waals surface area (Å²) in [4.78, 5) is 12.7. The highest BCUT2D eigenvalue weighted by molar-refractivity contribution is 7.89. The van der Waals surface area contributed by atoms with Crippen molar-refractivity contribution in [2.75, 3.05) is 25.0 Å². The molecule has 1 fully saturated rings. The number of amides is 1. The molecule has 0 aliphatic carbocycles. The number of benzene rings is 2. The summed E-state index contributed by atoms with van der Waals surface area (Å²) in [5.74, 6) is 0.724. The van der Waals surface area contributed by atoms with E-state index in [2.05, 4.69) is 5.32 Å².